The first-order chi connectivity index (χ1) is 7.39. The van der Waals surface area contributed by atoms with Crippen LogP contribution in [0.2, 0.25) is 10.0 Å². The Kier molecular flexibility index (Phi) is 3.45. The van der Waals surface area contributed by atoms with Crippen molar-refractivity contribution in [3.05, 3.63) is 33.3 Å². The van der Waals surface area contributed by atoms with Crippen LogP contribution in [0.3, 0.4) is 0 Å². The molecule has 1 unspecified atom stereocenters. The van der Waals surface area contributed by atoms with Crippen molar-refractivity contribution in [3.8, 4) is 0 Å². The molecule has 16 heavy (non-hydrogen) atoms. The fourth-order valence-corrected chi connectivity index (χ4v) is 3.54. The summed E-state index contributed by atoms with van der Waals surface area (Å²) in [7, 11) is 0. The predicted molar refractivity (Wildman–Crippen MR) is 71.8 cm³/mol. The third-order valence-electron chi connectivity index (χ3n) is 3.32. The maximum absolute atomic E-state index is 6.46. The Morgan fingerprint density at radius 3 is 2.62 bits per heavy atom. The normalized spacial score (nSPS) is 23.7. The first-order valence-electron chi connectivity index (χ1n) is 5.51. The van der Waals surface area contributed by atoms with E-state index in [1.807, 2.05) is 12.1 Å². The Morgan fingerprint density at radius 1 is 1.25 bits per heavy atom. The Labute approximate surface area is 112 Å². The first-order valence-corrected chi connectivity index (χ1v) is 6.70. The summed E-state index contributed by atoms with van der Waals surface area (Å²) in [4.78, 5) is 0. The lowest BCUT2D eigenvalue weighted by atomic mass is 9.84. The summed E-state index contributed by atoms with van der Waals surface area (Å²) < 4.78 is 0. The SMILES string of the molecule is CC1(C)CCc2c(Cl)cc(Cl)cc2C(Cl)C1. The van der Waals surface area contributed by atoms with E-state index in [0.717, 1.165) is 29.8 Å². The molecule has 0 nitrogen and oxygen atoms in total. The summed E-state index contributed by atoms with van der Waals surface area (Å²) in [6.45, 7) is 4.51. The van der Waals surface area contributed by atoms with Gasteiger partial charge in [-0.05, 0) is 47.9 Å². The molecular formula is C13H15Cl3. The van der Waals surface area contributed by atoms with Gasteiger partial charge >= 0.3 is 0 Å². The molecule has 2 rings (SSSR count). The van der Waals surface area contributed by atoms with Crippen molar-refractivity contribution in [2.24, 2.45) is 5.41 Å². The zero-order valence-electron chi connectivity index (χ0n) is 9.49. The minimum absolute atomic E-state index is 0.0173. The lowest BCUT2D eigenvalue weighted by Gasteiger charge is -2.23. The summed E-state index contributed by atoms with van der Waals surface area (Å²) in [5.41, 5.74) is 2.56. The van der Waals surface area contributed by atoms with E-state index in [9.17, 15) is 0 Å². The minimum atomic E-state index is 0.0173. The lowest BCUT2D eigenvalue weighted by Crippen LogP contribution is -2.11. The number of hydrogen-bond donors (Lipinski definition) is 0. The van der Waals surface area contributed by atoms with Gasteiger partial charge in [0.15, 0.2) is 0 Å². The van der Waals surface area contributed by atoms with Crippen LogP contribution in [0.25, 0.3) is 0 Å². The topological polar surface area (TPSA) is 0 Å². The molecule has 3 heteroatoms. The van der Waals surface area contributed by atoms with Gasteiger partial charge in [-0.3, -0.25) is 0 Å². The highest BCUT2D eigenvalue weighted by molar-refractivity contribution is 6.35. The zero-order chi connectivity index (χ0) is 11.9. The van der Waals surface area contributed by atoms with Crippen molar-refractivity contribution < 1.29 is 0 Å². The van der Waals surface area contributed by atoms with Crippen LogP contribution in [0.4, 0.5) is 0 Å². The van der Waals surface area contributed by atoms with E-state index in [1.165, 1.54) is 5.56 Å². The summed E-state index contributed by atoms with van der Waals surface area (Å²) >= 11 is 18.7. The molecule has 0 fully saturated rings. The van der Waals surface area contributed by atoms with Crippen LogP contribution in [-0.4, -0.2) is 0 Å². The van der Waals surface area contributed by atoms with Crippen molar-refractivity contribution >= 4 is 34.8 Å². The molecule has 1 aliphatic carbocycles. The minimum Gasteiger partial charge on any atom is -0.118 e. The number of alkyl halides is 1. The van der Waals surface area contributed by atoms with Crippen LogP contribution >= 0.6 is 34.8 Å². The maximum Gasteiger partial charge on any atom is 0.0594 e. The van der Waals surface area contributed by atoms with E-state index in [0.29, 0.717) is 5.02 Å². The summed E-state index contributed by atoms with van der Waals surface area (Å²) in [5, 5.41) is 1.45. The van der Waals surface area contributed by atoms with E-state index in [1.54, 1.807) is 0 Å². The van der Waals surface area contributed by atoms with Crippen LogP contribution in [0.15, 0.2) is 12.1 Å². The van der Waals surface area contributed by atoms with E-state index >= 15 is 0 Å². The van der Waals surface area contributed by atoms with Gasteiger partial charge in [0.2, 0.25) is 0 Å². The molecule has 1 aliphatic rings. The van der Waals surface area contributed by atoms with Crippen LogP contribution in [-0.2, 0) is 6.42 Å². The van der Waals surface area contributed by atoms with Crippen molar-refractivity contribution in [3.63, 3.8) is 0 Å². The molecule has 0 saturated carbocycles. The first kappa shape index (κ1) is 12.5. The molecule has 0 saturated heterocycles. The van der Waals surface area contributed by atoms with Crippen LogP contribution in [0.5, 0.6) is 0 Å². The summed E-state index contributed by atoms with van der Waals surface area (Å²) in [6, 6.07) is 3.77. The Hall–Kier alpha value is 0.0900. The van der Waals surface area contributed by atoms with Crippen LogP contribution < -0.4 is 0 Å². The Bertz CT molecular complexity index is 410. The second kappa shape index (κ2) is 4.40. The number of fused-ring (bicyclic) bond motifs is 1. The largest absolute Gasteiger partial charge is 0.118 e. The second-order valence-electron chi connectivity index (χ2n) is 5.29. The molecule has 0 aliphatic heterocycles. The van der Waals surface area contributed by atoms with E-state index < -0.39 is 0 Å². The van der Waals surface area contributed by atoms with Crippen molar-refractivity contribution in [2.75, 3.05) is 0 Å². The highest BCUT2D eigenvalue weighted by atomic mass is 35.5. The van der Waals surface area contributed by atoms with Gasteiger partial charge in [-0.1, -0.05) is 37.0 Å². The highest BCUT2D eigenvalue weighted by Crippen LogP contribution is 2.45. The number of halogens is 3. The van der Waals surface area contributed by atoms with Gasteiger partial charge in [-0.2, -0.15) is 0 Å². The Balaban J connectivity index is 2.49. The monoisotopic (exact) mass is 276 g/mol. The van der Waals surface area contributed by atoms with Crippen LogP contribution in [0.1, 0.15) is 43.2 Å². The lowest BCUT2D eigenvalue weighted by molar-refractivity contribution is 0.313. The molecule has 88 valence electrons. The van der Waals surface area contributed by atoms with Crippen molar-refractivity contribution in [1.82, 2.24) is 0 Å². The second-order valence-corrected chi connectivity index (χ2v) is 6.66. The number of benzene rings is 1. The fourth-order valence-electron chi connectivity index (χ4n) is 2.33. The van der Waals surface area contributed by atoms with Gasteiger partial charge in [0, 0.05) is 10.0 Å². The molecule has 1 aromatic carbocycles. The molecule has 0 spiro atoms. The van der Waals surface area contributed by atoms with Gasteiger partial charge in [0.1, 0.15) is 0 Å². The number of hydrogen-bond acceptors (Lipinski definition) is 0. The third kappa shape index (κ3) is 2.50. The molecule has 0 N–H and O–H groups in total. The molecule has 0 aromatic heterocycles. The summed E-state index contributed by atoms with van der Waals surface area (Å²) in [6.07, 6.45) is 3.07. The van der Waals surface area contributed by atoms with E-state index in [2.05, 4.69) is 13.8 Å². The molecule has 0 amide bonds. The zero-order valence-corrected chi connectivity index (χ0v) is 11.8. The number of rotatable bonds is 0. The fraction of sp³-hybridized carbons (Fsp3) is 0.538. The maximum atomic E-state index is 6.46. The Morgan fingerprint density at radius 2 is 1.94 bits per heavy atom. The molecular weight excluding hydrogens is 263 g/mol. The average molecular weight is 278 g/mol. The third-order valence-corrected chi connectivity index (χ3v) is 4.26. The molecule has 0 bridgehead atoms. The van der Waals surface area contributed by atoms with Crippen molar-refractivity contribution in [2.45, 2.75) is 38.5 Å². The van der Waals surface area contributed by atoms with Crippen molar-refractivity contribution in [1.29, 1.82) is 0 Å². The van der Waals surface area contributed by atoms with E-state index in [4.69, 9.17) is 34.8 Å². The molecule has 1 atom stereocenters. The summed E-state index contributed by atoms with van der Waals surface area (Å²) in [5.74, 6) is 0. The molecule has 0 heterocycles. The van der Waals surface area contributed by atoms with Crippen LogP contribution in [0, 0.1) is 5.41 Å². The van der Waals surface area contributed by atoms with Gasteiger partial charge in [0.25, 0.3) is 0 Å². The molecule has 0 radical (unpaired) electrons. The van der Waals surface area contributed by atoms with Gasteiger partial charge in [0.05, 0.1) is 5.38 Å². The predicted octanol–water partition coefficient (Wildman–Crippen LogP) is 5.64. The van der Waals surface area contributed by atoms with E-state index in [-0.39, 0.29) is 10.8 Å². The van der Waals surface area contributed by atoms with Gasteiger partial charge in [-0.25, -0.2) is 0 Å². The van der Waals surface area contributed by atoms with Gasteiger partial charge in [-0.15, -0.1) is 11.6 Å². The standard InChI is InChI=1S/C13H15Cl3/c1-13(2)4-3-9-10(12(16)7-13)5-8(14)6-11(9)15/h5-6,12H,3-4,7H2,1-2H3. The average Bonchev–Trinajstić information content (AvgIpc) is 2.23. The quantitative estimate of drug-likeness (QED) is 0.425. The highest BCUT2D eigenvalue weighted by Gasteiger charge is 2.29. The smallest absolute Gasteiger partial charge is 0.0594 e. The molecule has 1 aromatic rings. The van der Waals surface area contributed by atoms with Gasteiger partial charge < -0.3 is 0 Å².